The number of aromatic nitrogens is 2. The molecular weight excluding hydrogens is 218 g/mol. The van der Waals surface area contributed by atoms with E-state index in [1.165, 1.54) is 5.56 Å². The maximum atomic E-state index is 10.6. The molecule has 0 aliphatic carbocycles. The molecule has 0 atom stereocenters. The Morgan fingerprint density at radius 2 is 2.12 bits per heavy atom. The summed E-state index contributed by atoms with van der Waals surface area (Å²) in [6.45, 7) is 8.28. The fourth-order valence-corrected chi connectivity index (χ4v) is 1.87. The van der Waals surface area contributed by atoms with Gasteiger partial charge >= 0.3 is 5.97 Å². The maximum absolute atomic E-state index is 10.6. The summed E-state index contributed by atoms with van der Waals surface area (Å²) < 4.78 is 1.87. The molecule has 1 N–H and O–H groups in total. The SMILES string of the molecule is CCN(CCC(=O)O)Cc1c(C)nn(C)c1C. The van der Waals surface area contributed by atoms with Crippen molar-refractivity contribution in [2.24, 2.45) is 7.05 Å². The summed E-state index contributed by atoms with van der Waals surface area (Å²) in [6.07, 6.45) is 0.187. The van der Waals surface area contributed by atoms with Crippen LogP contribution in [-0.4, -0.2) is 38.8 Å². The number of carbonyl (C=O) groups is 1. The van der Waals surface area contributed by atoms with Gasteiger partial charge in [-0.2, -0.15) is 5.10 Å². The van der Waals surface area contributed by atoms with Crippen molar-refractivity contribution in [2.45, 2.75) is 33.7 Å². The van der Waals surface area contributed by atoms with Gasteiger partial charge in [-0.25, -0.2) is 0 Å². The van der Waals surface area contributed by atoms with Crippen LogP contribution in [0.15, 0.2) is 0 Å². The third-order valence-corrected chi connectivity index (χ3v) is 3.13. The molecule has 1 rings (SSSR count). The molecule has 0 saturated carbocycles. The largest absolute Gasteiger partial charge is 0.481 e. The van der Waals surface area contributed by atoms with Gasteiger partial charge in [0.2, 0.25) is 0 Å². The molecule has 1 heterocycles. The van der Waals surface area contributed by atoms with E-state index in [2.05, 4.69) is 10.00 Å². The Balaban J connectivity index is 2.70. The second-order valence-corrected chi connectivity index (χ2v) is 4.29. The molecule has 0 amide bonds. The van der Waals surface area contributed by atoms with E-state index in [0.717, 1.165) is 24.5 Å². The van der Waals surface area contributed by atoms with Crippen molar-refractivity contribution in [3.8, 4) is 0 Å². The van der Waals surface area contributed by atoms with E-state index in [1.807, 2.05) is 32.5 Å². The Bertz CT molecular complexity index is 399. The second-order valence-electron chi connectivity index (χ2n) is 4.29. The second kappa shape index (κ2) is 5.82. The van der Waals surface area contributed by atoms with Crippen molar-refractivity contribution >= 4 is 5.97 Å². The summed E-state index contributed by atoms with van der Waals surface area (Å²) in [4.78, 5) is 12.7. The predicted octanol–water partition coefficient (Wildman–Crippen LogP) is 1.33. The first kappa shape index (κ1) is 13.7. The van der Waals surface area contributed by atoms with E-state index in [0.29, 0.717) is 6.54 Å². The predicted molar refractivity (Wildman–Crippen MR) is 65.9 cm³/mol. The van der Waals surface area contributed by atoms with Crippen LogP contribution in [0.3, 0.4) is 0 Å². The summed E-state index contributed by atoms with van der Waals surface area (Å²) in [6, 6.07) is 0. The zero-order valence-corrected chi connectivity index (χ0v) is 11.0. The Hall–Kier alpha value is -1.36. The van der Waals surface area contributed by atoms with Crippen LogP contribution in [-0.2, 0) is 18.4 Å². The first-order valence-corrected chi connectivity index (χ1v) is 5.89. The van der Waals surface area contributed by atoms with Crippen LogP contribution in [0.25, 0.3) is 0 Å². The zero-order valence-electron chi connectivity index (χ0n) is 11.0. The number of carboxylic acids is 1. The van der Waals surface area contributed by atoms with E-state index < -0.39 is 5.97 Å². The lowest BCUT2D eigenvalue weighted by Crippen LogP contribution is -2.26. The number of carboxylic acid groups (broad SMARTS) is 1. The number of aliphatic carboxylic acids is 1. The molecular formula is C12H21N3O2. The third kappa shape index (κ3) is 3.56. The minimum Gasteiger partial charge on any atom is -0.481 e. The third-order valence-electron chi connectivity index (χ3n) is 3.13. The quantitative estimate of drug-likeness (QED) is 0.813. The molecule has 0 fully saturated rings. The van der Waals surface area contributed by atoms with Gasteiger partial charge in [0.15, 0.2) is 0 Å². The van der Waals surface area contributed by atoms with Crippen LogP contribution in [0.2, 0.25) is 0 Å². The van der Waals surface area contributed by atoms with Crippen molar-refractivity contribution in [3.63, 3.8) is 0 Å². The van der Waals surface area contributed by atoms with Gasteiger partial charge in [0, 0.05) is 31.4 Å². The highest BCUT2D eigenvalue weighted by atomic mass is 16.4. The van der Waals surface area contributed by atoms with Crippen LogP contribution in [0.5, 0.6) is 0 Å². The van der Waals surface area contributed by atoms with Gasteiger partial charge in [0.25, 0.3) is 0 Å². The molecule has 0 radical (unpaired) electrons. The first-order valence-electron chi connectivity index (χ1n) is 5.89. The van der Waals surface area contributed by atoms with Crippen LogP contribution >= 0.6 is 0 Å². The van der Waals surface area contributed by atoms with Gasteiger partial charge in [0.1, 0.15) is 0 Å². The van der Waals surface area contributed by atoms with Crippen molar-refractivity contribution in [1.82, 2.24) is 14.7 Å². The smallest absolute Gasteiger partial charge is 0.304 e. The standard InChI is InChI=1S/C12H21N3O2/c1-5-15(7-6-12(16)17)8-11-9(2)13-14(4)10(11)3/h5-8H2,1-4H3,(H,16,17). The number of aryl methyl sites for hydroxylation is 2. The zero-order chi connectivity index (χ0) is 13.0. The monoisotopic (exact) mass is 239 g/mol. The summed E-state index contributed by atoms with van der Waals surface area (Å²) in [5.74, 6) is -0.747. The van der Waals surface area contributed by atoms with E-state index in [1.54, 1.807) is 0 Å². The lowest BCUT2D eigenvalue weighted by atomic mass is 10.2. The van der Waals surface area contributed by atoms with E-state index in [9.17, 15) is 4.79 Å². The molecule has 5 nitrogen and oxygen atoms in total. The van der Waals surface area contributed by atoms with Crippen LogP contribution in [0.4, 0.5) is 0 Å². The average Bonchev–Trinajstić information content (AvgIpc) is 2.49. The minimum atomic E-state index is -0.747. The fraction of sp³-hybridized carbons (Fsp3) is 0.667. The molecule has 0 spiro atoms. The molecule has 5 heteroatoms. The van der Waals surface area contributed by atoms with Crippen molar-refractivity contribution < 1.29 is 9.90 Å². The maximum Gasteiger partial charge on any atom is 0.304 e. The first-order chi connectivity index (χ1) is 7.95. The van der Waals surface area contributed by atoms with Gasteiger partial charge in [-0.1, -0.05) is 6.92 Å². The minimum absolute atomic E-state index is 0.187. The highest BCUT2D eigenvalue weighted by molar-refractivity contribution is 5.66. The number of hydrogen-bond acceptors (Lipinski definition) is 3. The molecule has 17 heavy (non-hydrogen) atoms. The highest BCUT2D eigenvalue weighted by Crippen LogP contribution is 2.14. The van der Waals surface area contributed by atoms with Crippen molar-refractivity contribution in [3.05, 3.63) is 17.0 Å². The molecule has 1 aromatic heterocycles. The molecule has 1 aromatic rings. The Kier molecular flexibility index (Phi) is 4.69. The molecule has 0 saturated heterocycles. The van der Waals surface area contributed by atoms with Gasteiger partial charge in [-0.05, 0) is 20.4 Å². The summed E-state index contributed by atoms with van der Waals surface area (Å²) in [5.41, 5.74) is 3.38. The fourth-order valence-electron chi connectivity index (χ4n) is 1.87. The summed E-state index contributed by atoms with van der Waals surface area (Å²) in [5, 5.41) is 13.1. The Morgan fingerprint density at radius 1 is 1.47 bits per heavy atom. The molecule has 0 aliphatic heterocycles. The van der Waals surface area contributed by atoms with Crippen LogP contribution < -0.4 is 0 Å². The van der Waals surface area contributed by atoms with Crippen molar-refractivity contribution in [2.75, 3.05) is 13.1 Å². The highest BCUT2D eigenvalue weighted by Gasteiger charge is 2.13. The number of nitrogens with zero attached hydrogens (tertiary/aromatic N) is 3. The Morgan fingerprint density at radius 3 is 2.53 bits per heavy atom. The van der Waals surface area contributed by atoms with Gasteiger partial charge in [-0.3, -0.25) is 14.4 Å². The van der Waals surface area contributed by atoms with E-state index >= 15 is 0 Å². The molecule has 0 bridgehead atoms. The number of rotatable bonds is 6. The molecule has 0 aliphatic rings. The molecule has 0 aromatic carbocycles. The van der Waals surface area contributed by atoms with Crippen LogP contribution in [0.1, 0.15) is 30.3 Å². The Labute approximate surface area is 102 Å². The van der Waals surface area contributed by atoms with Crippen molar-refractivity contribution in [1.29, 1.82) is 0 Å². The summed E-state index contributed by atoms with van der Waals surface area (Å²) in [7, 11) is 1.93. The lowest BCUT2D eigenvalue weighted by Gasteiger charge is -2.19. The van der Waals surface area contributed by atoms with Crippen LogP contribution in [0, 0.1) is 13.8 Å². The van der Waals surface area contributed by atoms with Gasteiger partial charge in [-0.15, -0.1) is 0 Å². The normalized spacial score (nSPS) is 11.1. The summed E-state index contributed by atoms with van der Waals surface area (Å²) >= 11 is 0. The number of hydrogen-bond donors (Lipinski definition) is 1. The molecule has 96 valence electrons. The van der Waals surface area contributed by atoms with E-state index in [-0.39, 0.29) is 6.42 Å². The van der Waals surface area contributed by atoms with Gasteiger partial charge in [0.05, 0.1) is 12.1 Å². The lowest BCUT2D eigenvalue weighted by molar-refractivity contribution is -0.137. The van der Waals surface area contributed by atoms with E-state index in [4.69, 9.17) is 5.11 Å². The average molecular weight is 239 g/mol. The topological polar surface area (TPSA) is 58.4 Å². The molecule has 0 unspecified atom stereocenters. The van der Waals surface area contributed by atoms with Gasteiger partial charge < -0.3 is 5.11 Å².